The van der Waals surface area contributed by atoms with Crippen molar-refractivity contribution in [2.75, 3.05) is 0 Å². The van der Waals surface area contributed by atoms with Crippen molar-refractivity contribution < 1.29 is 0 Å². The zero-order valence-corrected chi connectivity index (χ0v) is 19.3. The van der Waals surface area contributed by atoms with Gasteiger partial charge in [-0.25, -0.2) is 0 Å². The maximum atomic E-state index is 2.52. The normalized spacial score (nSPS) is 19.8. The van der Waals surface area contributed by atoms with Crippen LogP contribution in [0, 0.1) is 11.8 Å². The Morgan fingerprint density at radius 2 is 0.966 bits per heavy atom. The highest BCUT2D eigenvalue weighted by atomic mass is 14.4. The van der Waals surface area contributed by atoms with E-state index in [1.165, 1.54) is 55.7 Å². The molecule has 150 valence electrons. The zero-order chi connectivity index (χ0) is 20.9. The van der Waals surface area contributed by atoms with Gasteiger partial charge in [0.15, 0.2) is 0 Å². The van der Waals surface area contributed by atoms with Crippen LogP contribution in [-0.2, 0) is 17.3 Å². The van der Waals surface area contributed by atoms with Gasteiger partial charge in [0.2, 0.25) is 0 Å². The molecule has 3 aliphatic carbocycles. The van der Waals surface area contributed by atoms with Crippen molar-refractivity contribution in [2.45, 2.75) is 72.6 Å². The van der Waals surface area contributed by atoms with Gasteiger partial charge in [-0.15, -0.1) is 0 Å². The molecule has 2 aromatic carbocycles. The lowest BCUT2D eigenvalue weighted by molar-refractivity contribution is 0.680. The van der Waals surface area contributed by atoms with Gasteiger partial charge in [-0.3, -0.25) is 0 Å². The van der Waals surface area contributed by atoms with E-state index in [0.717, 1.165) is 6.42 Å². The lowest BCUT2D eigenvalue weighted by Gasteiger charge is -2.20. The SMILES string of the molecule is CC(C)C1=CC(C)(C)c2cc3c(cc21)-c1cc2c(cc1C3)C(C)(C)C=C2C(C)C. The molecule has 0 N–H and O–H groups in total. The van der Waals surface area contributed by atoms with Crippen LogP contribution in [0.1, 0.15) is 88.8 Å². The third-order valence-electron chi connectivity index (χ3n) is 7.44. The average Bonchev–Trinajstić information content (AvgIpc) is 3.20. The molecule has 0 bridgehead atoms. The molecule has 2 aromatic rings. The van der Waals surface area contributed by atoms with Crippen molar-refractivity contribution in [3.63, 3.8) is 0 Å². The number of hydrogen-bond donors (Lipinski definition) is 0. The monoisotopic (exact) mass is 382 g/mol. The van der Waals surface area contributed by atoms with Crippen molar-refractivity contribution in [3.05, 3.63) is 69.8 Å². The Labute approximate surface area is 176 Å². The largest absolute Gasteiger partial charge is 0.0704 e. The van der Waals surface area contributed by atoms with Crippen LogP contribution in [0.5, 0.6) is 0 Å². The fourth-order valence-corrected chi connectivity index (χ4v) is 5.88. The summed E-state index contributed by atoms with van der Waals surface area (Å²) in [6.45, 7) is 18.8. The highest BCUT2D eigenvalue weighted by Crippen LogP contribution is 2.51. The second-order valence-electron chi connectivity index (χ2n) is 11.2. The maximum absolute atomic E-state index is 2.52. The van der Waals surface area contributed by atoms with Crippen LogP contribution >= 0.6 is 0 Å². The molecule has 0 radical (unpaired) electrons. The molecule has 0 fully saturated rings. The van der Waals surface area contributed by atoms with E-state index in [2.05, 4.69) is 91.8 Å². The number of benzene rings is 2. The molecule has 0 amide bonds. The molecular formula is C29H34. The van der Waals surface area contributed by atoms with E-state index in [4.69, 9.17) is 0 Å². The van der Waals surface area contributed by atoms with Crippen LogP contribution in [0.4, 0.5) is 0 Å². The maximum Gasteiger partial charge on any atom is 0.00875 e. The summed E-state index contributed by atoms with van der Waals surface area (Å²) >= 11 is 0. The Morgan fingerprint density at radius 1 is 0.586 bits per heavy atom. The Kier molecular flexibility index (Phi) is 3.75. The summed E-state index contributed by atoms with van der Waals surface area (Å²) in [5, 5.41) is 0. The summed E-state index contributed by atoms with van der Waals surface area (Å²) in [6.07, 6.45) is 6.08. The Bertz CT molecular complexity index is 1020. The average molecular weight is 383 g/mol. The standard InChI is InChI=1S/C29H34/c1-16(2)24-14-28(5,6)26-10-18-9-19-11-27-23(13-21(19)20(18)12-22(24)26)25(17(3)4)15-29(27,7)8/h10-17H,9H2,1-8H3. The summed E-state index contributed by atoms with van der Waals surface area (Å²) < 4.78 is 0. The lowest BCUT2D eigenvalue weighted by atomic mass is 9.84. The molecule has 0 atom stereocenters. The molecular weight excluding hydrogens is 348 g/mol. The molecule has 0 nitrogen and oxygen atoms in total. The topological polar surface area (TPSA) is 0 Å². The number of hydrogen-bond acceptors (Lipinski definition) is 0. The molecule has 0 saturated carbocycles. The predicted molar refractivity (Wildman–Crippen MR) is 126 cm³/mol. The van der Waals surface area contributed by atoms with E-state index in [9.17, 15) is 0 Å². The van der Waals surface area contributed by atoms with E-state index in [0.29, 0.717) is 11.8 Å². The highest BCUT2D eigenvalue weighted by molar-refractivity contribution is 5.89. The van der Waals surface area contributed by atoms with Gasteiger partial charge in [0, 0.05) is 10.8 Å². The van der Waals surface area contributed by atoms with Crippen LogP contribution in [0.3, 0.4) is 0 Å². The molecule has 0 unspecified atom stereocenters. The second kappa shape index (κ2) is 5.75. The van der Waals surface area contributed by atoms with E-state index in [1.807, 2.05) is 0 Å². The molecule has 0 spiro atoms. The first-order chi connectivity index (χ1) is 13.5. The van der Waals surface area contributed by atoms with Gasteiger partial charge in [-0.05, 0) is 86.0 Å². The van der Waals surface area contributed by atoms with Crippen molar-refractivity contribution in [2.24, 2.45) is 11.8 Å². The van der Waals surface area contributed by atoms with E-state index >= 15 is 0 Å². The van der Waals surface area contributed by atoms with Crippen molar-refractivity contribution in [1.82, 2.24) is 0 Å². The molecule has 0 heteroatoms. The molecule has 0 aliphatic heterocycles. The summed E-state index contributed by atoms with van der Waals surface area (Å²) in [5.41, 5.74) is 15.3. The summed E-state index contributed by atoms with van der Waals surface area (Å²) in [7, 11) is 0. The highest BCUT2D eigenvalue weighted by Gasteiger charge is 2.36. The number of fused-ring (bicyclic) bond motifs is 5. The molecule has 3 aliphatic rings. The smallest absolute Gasteiger partial charge is 0.00875 e. The summed E-state index contributed by atoms with van der Waals surface area (Å²) in [4.78, 5) is 0. The Hall–Kier alpha value is -2.08. The molecule has 0 saturated heterocycles. The van der Waals surface area contributed by atoms with Crippen LogP contribution < -0.4 is 0 Å². The third-order valence-corrected chi connectivity index (χ3v) is 7.44. The Balaban J connectivity index is 1.71. The first-order valence-electron chi connectivity index (χ1n) is 11.3. The zero-order valence-electron chi connectivity index (χ0n) is 19.3. The quantitative estimate of drug-likeness (QED) is 0.422. The van der Waals surface area contributed by atoms with Gasteiger partial charge in [0.1, 0.15) is 0 Å². The number of rotatable bonds is 2. The fourth-order valence-electron chi connectivity index (χ4n) is 5.88. The van der Waals surface area contributed by atoms with Gasteiger partial charge in [-0.2, -0.15) is 0 Å². The fraction of sp³-hybridized carbons (Fsp3) is 0.448. The first kappa shape index (κ1) is 18.9. The molecule has 5 rings (SSSR count). The Morgan fingerprint density at radius 3 is 1.31 bits per heavy atom. The van der Waals surface area contributed by atoms with E-state index in [-0.39, 0.29) is 10.8 Å². The van der Waals surface area contributed by atoms with Crippen molar-refractivity contribution in [1.29, 1.82) is 0 Å². The minimum atomic E-state index is 0.135. The van der Waals surface area contributed by atoms with Crippen LogP contribution in [0.25, 0.3) is 22.3 Å². The van der Waals surface area contributed by atoms with Crippen molar-refractivity contribution >= 4 is 11.1 Å². The van der Waals surface area contributed by atoms with Crippen LogP contribution in [0.2, 0.25) is 0 Å². The van der Waals surface area contributed by atoms with E-state index < -0.39 is 0 Å². The van der Waals surface area contributed by atoms with Crippen molar-refractivity contribution in [3.8, 4) is 11.1 Å². The number of allylic oxidation sites excluding steroid dienone is 4. The van der Waals surface area contributed by atoms with Gasteiger partial charge in [0.25, 0.3) is 0 Å². The van der Waals surface area contributed by atoms with Gasteiger partial charge < -0.3 is 0 Å². The molecule has 0 heterocycles. The van der Waals surface area contributed by atoms with Gasteiger partial charge in [0.05, 0.1) is 0 Å². The summed E-state index contributed by atoms with van der Waals surface area (Å²) in [6, 6.07) is 10.1. The van der Waals surface area contributed by atoms with Crippen LogP contribution in [-0.4, -0.2) is 0 Å². The minimum absolute atomic E-state index is 0.135. The lowest BCUT2D eigenvalue weighted by Crippen LogP contribution is -2.11. The van der Waals surface area contributed by atoms with E-state index in [1.54, 1.807) is 0 Å². The van der Waals surface area contributed by atoms with Gasteiger partial charge >= 0.3 is 0 Å². The van der Waals surface area contributed by atoms with Crippen LogP contribution in [0.15, 0.2) is 36.4 Å². The third kappa shape index (κ3) is 2.57. The first-order valence-corrected chi connectivity index (χ1v) is 11.3. The second-order valence-corrected chi connectivity index (χ2v) is 11.2. The predicted octanol–water partition coefficient (Wildman–Crippen LogP) is 7.92. The molecule has 29 heavy (non-hydrogen) atoms. The van der Waals surface area contributed by atoms with Gasteiger partial charge in [-0.1, -0.05) is 79.7 Å². The summed E-state index contributed by atoms with van der Waals surface area (Å²) in [5.74, 6) is 1.12. The minimum Gasteiger partial charge on any atom is -0.0704 e. The molecule has 0 aromatic heterocycles.